The van der Waals surface area contributed by atoms with E-state index in [1.54, 1.807) is 18.2 Å². The Morgan fingerprint density at radius 1 is 1.44 bits per heavy atom. The zero-order valence-electron chi connectivity index (χ0n) is 9.90. The average Bonchev–Trinajstić information content (AvgIpc) is 2.31. The van der Waals surface area contributed by atoms with Gasteiger partial charge >= 0.3 is 5.97 Å². The Kier molecular flexibility index (Phi) is 6.01. The predicted molar refractivity (Wildman–Crippen MR) is 73.5 cm³/mol. The number of benzene rings is 1. The Labute approximate surface area is 115 Å². The molecule has 2 N–H and O–H groups in total. The second-order valence-electron chi connectivity index (χ2n) is 3.67. The SMILES string of the molecule is Cc1ccc(C(=O)NCCSCC(=O)O)cc1Cl. The molecule has 0 radical (unpaired) electrons. The predicted octanol–water partition coefficient (Wildman–Crippen LogP) is 2.20. The highest BCUT2D eigenvalue weighted by Crippen LogP contribution is 2.16. The molecule has 0 atom stereocenters. The van der Waals surface area contributed by atoms with Crippen LogP contribution < -0.4 is 5.32 Å². The summed E-state index contributed by atoms with van der Waals surface area (Å²) in [7, 11) is 0. The molecule has 18 heavy (non-hydrogen) atoms. The largest absolute Gasteiger partial charge is 0.481 e. The second-order valence-corrected chi connectivity index (χ2v) is 5.18. The molecule has 0 bridgehead atoms. The summed E-state index contributed by atoms with van der Waals surface area (Å²) >= 11 is 7.19. The number of aryl methyl sites for hydroxylation is 1. The van der Waals surface area contributed by atoms with Gasteiger partial charge in [0.1, 0.15) is 0 Å². The van der Waals surface area contributed by atoms with Gasteiger partial charge in [-0.05, 0) is 24.6 Å². The minimum atomic E-state index is -0.850. The molecule has 1 amide bonds. The molecule has 1 aromatic carbocycles. The van der Waals surface area contributed by atoms with E-state index in [0.29, 0.717) is 22.9 Å². The van der Waals surface area contributed by atoms with Crippen LogP contribution in [-0.4, -0.2) is 35.0 Å². The first kappa shape index (κ1) is 14.9. The van der Waals surface area contributed by atoms with Gasteiger partial charge < -0.3 is 10.4 Å². The summed E-state index contributed by atoms with van der Waals surface area (Å²) in [4.78, 5) is 22.0. The van der Waals surface area contributed by atoms with Crippen molar-refractivity contribution in [1.82, 2.24) is 5.32 Å². The lowest BCUT2D eigenvalue weighted by molar-refractivity contribution is -0.133. The molecule has 0 spiro atoms. The maximum atomic E-state index is 11.7. The highest BCUT2D eigenvalue weighted by Gasteiger charge is 2.06. The molecular formula is C12H14ClNO3S. The number of amides is 1. The maximum absolute atomic E-state index is 11.7. The molecular weight excluding hydrogens is 274 g/mol. The lowest BCUT2D eigenvalue weighted by Crippen LogP contribution is -2.26. The average molecular weight is 288 g/mol. The van der Waals surface area contributed by atoms with Crippen molar-refractivity contribution in [3.05, 3.63) is 34.3 Å². The van der Waals surface area contributed by atoms with E-state index in [1.807, 2.05) is 6.92 Å². The van der Waals surface area contributed by atoms with Crippen LogP contribution in [0.3, 0.4) is 0 Å². The monoisotopic (exact) mass is 287 g/mol. The molecule has 6 heteroatoms. The fourth-order valence-corrected chi connectivity index (χ4v) is 1.98. The summed E-state index contributed by atoms with van der Waals surface area (Å²) in [6.45, 7) is 2.30. The smallest absolute Gasteiger partial charge is 0.313 e. The molecule has 4 nitrogen and oxygen atoms in total. The molecule has 0 aromatic heterocycles. The second kappa shape index (κ2) is 7.28. The third kappa shape index (κ3) is 4.98. The number of carbonyl (C=O) groups excluding carboxylic acids is 1. The molecule has 0 heterocycles. The van der Waals surface area contributed by atoms with Crippen LogP contribution in [0.5, 0.6) is 0 Å². The van der Waals surface area contributed by atoms with Gasteiger partial charge in [-0.25, -0.2) is 0 Å². The van der Waals surface area contributed by atoms with Crippen LogP contribution in [0.4, 0.5) is 0 Å². The van der Waals surface area contributed by atoms with Crippen molar-refractivity contribution < 1.29 is 14.7 Å². The summed E-state index contributed by atoms with van der Waals surface area (Å²) < 4.78 is 0. The van der Waals surface area contributed by atoms with Gasteiger partial charge in [-0.2, -0.15) is 0 Å². The van der Waals surface area contributed by atoms with Gasteiger partial charge in [-0.15, -0.1) is 11.8 Å². The van der Waals surface area contributed by atoms with Crippen LogP contribution in [0.2, 0.25) is 5.02 Å². The van der Waals surface area contributed by atoms with Crippen LogP contribution in [0.25, 0.3) is 0 Å². The zero-order valence-corrected chi connectivity index (χ0v) is 11.5. The number of carboxylic acid groups (broad SMARTS) is 1. The fraction of sp³-hybridized carbons (Fsp3) is 0.333. The molecule has 1 rings (SSSR count). The Bertz CT molecular complexity index is 451. The number of carboxylic acids is 1. The van der Waals surface area contributed by atoms with Crippen molar-refractivity contribution in [2.45, 2.75) is 6.92 Å². The topological polar surface area (TPSA) is 66.4 Å². The van der Waals surface area contributed by atoms with E-state index in [4.69, 9.17) is 16.7 Å². The molecule has 1 aromatic rings. The standard InChI is InChI=1S/C12H14ClNO3S/c1-8-2-3-9(6-10(8)13)12(17)14-4-5-18-7-11(15)16/h2-3,6H,4-5,7H2,1H3,(H,14,17)(H,15,16). The van der Waals surface area contributed by atoms with Crippen molar-refractivity contribution in [2.75, 3.05) is 18.1 Å². The van der Waals surface area contributed by atoms with Crippen LogP contribution >= 0.6 is 23.4 Å². The summed E-state index contributed by atoms with van der Waals surface area (Å²) in [6.07, 6.45) is 0. The van der Waals surface area contributed by atoms with E-state index < -0.39 is 5.97 Å². The molecule has 0 unspecified atom stereocenters. The summed E-state index contributed by atoms with van der Waals surface area (Å²) in [5, 5.41) is 11.7. The molecule has 0 saturated carbocycles. The first-order valence-corrected chi connectivity index (χ1v) is 6.88. The van der Waals surface area contributed by atoms with Crippen LogP contribution in [-0.2, 0) is 4.79 Å². The number of hydrogen-bond acceptors (Lipinski definition) is 3. The van der Waals surface area contributed by atoms with Gasteiger partial charge in [-0.1, -0.05) is 17.7 Å². The van der Waals surface area contributed by atoms with Gasteiger partial charge in [-0.3, -0.25) is 9.59 Å². The highest BCUT2D eigenvalue weighted by molar-refractivity contribution is 7.99. The summed E-state index contributed by atoms with van der Waals surface area (Å²) in [5.41, 5.74) is 1.43. The number of halogens is 1. The molecule has 0 aliphatic rings. The fourth-order valence-electron chi connectivity index (χ4n) is 1.23. The number of carbonyl (C=O) groups is 2. The summed E-state index contributed by atoms with van der Waals surface area (Å²) in [6, 6.07) is 5.12. The van der Waals surface area contributed by atoms with E-state index in [2.05, 4.69) is 5.32 Å². The number of thioether (sulfide) groups is 1. The number of nitrogens with one attached hydrogen (secondary N) is 1. The first-order valence-electron chi connectivity index (χ1n) is 5.34. The Morgan fingerprint density at radius 3 is 2.78 bits per heavy atom. The molecule has 0 saturated heterocycles. The van der Waals surface area contributed by atoms with Crippen LogP contribution in [0.1, 0.15) is 15.9 Å². The van der Waals surface area contributed by atoms with Gasteiger partial charge in [0.25, 0.3) is 5.91 Å². The van der Waals surface area contributed by atoms with Crippen molar-refractivity contribution in [3.8, 4) is 0 Å². The van der Waals surface area contributed by atoms with Crippen molar-refractivity contribution in [2.24, 2.45) is 0 Å². The van der Waals surface area contributed by atoms with Crippen molar-refractivity contribution in [1.29, 1.82) is 0 Å². The van der Waals surface area contributed by atoms with E-state index in [0.717, 1.165) is 5.56 Å². The van der Waals surface area contributed by atoms with Gasteiger partial charge in [0, 0.05) is 22.9 Å². The van der Waals surface area contributed by atoms with Crippen LogP contribution in [0, 0.1) is 6.92 Å². The van der Waals surface area contributed by atoms with Gasteiger partial charge in [0.2, 0.25) is 0 Å². The first-order chi connectivity index (χ1) is 8.50. The molecule has 0 fully saturated rings. The lowest BCUT2D eigenvalue weighted by atomic mass is 10.1. The normalized spacial score (nSPS) is 10.1. The Hall–Kier alpha value is -1.20. The molecule has 0 aliphatic heterocycles. The summed E-state index contributed by atoms with van der Waals surface area (Å²) in [5.74, 6) is -0.436. The highest BCUT2D eigenvalue weighted by atomic mass is 35.5. The van der Waals surface area contributed by atoms with Crippen molar-refractivity contribution >= 4 is 35.2 Å². The number of rotatable bonds is 6. The Morgan fingerprint density at radius 2 is 2.17 bits per heavy atom. The van der Waals surface area contributed by atoms with E-state index >= 15 is 0 Å². The number of aliphatic carboxylic acids is 1. The minimum Gasteiger partial charge on any atom is -0.481 e. The third-order valence-electron chi connectivity index (χ3n) is 2.19. The van der Waals surface area contributed by atoms with E-state index in [-0.39, 0.29) is 11.7 Å². The minimum absolute atomic E-state index is 0.0478. The van der Waals surface area contributed by atoms with E-state index in [9.17, 15) is 9.59 Å². The maximum Gasteiger partial charge on any atom is 0.313 e. The van der Waals surface area contributed by atoms with Crippen LogP contribution in [0.15, 0.2) is 18.2 Å². The van der Waals surface area contributed by atoms with Gasteiger partial charge in [0.15, 0.2) is 0 Å². The quantitative estimate of drug-likeness (QED) is 0.787. The number of hydrogen-bond donors (Lipinski definition) is 2. The van der Waals surface area contributed by atoms with Gasteiger partial charge in [0.05, 0.1) is 5.75 Å². The molecule has 98 valence electrons. The zero-order chi connectivity index (χ0) is 13.5. The lowest BCUT2D eigenvalue weighted by Gasteiger charge is -2.06. The molecule has 0 aliphatic carbocycles. The van der Waals surface area contributed by atoms with E-state index in [1.165, 1.54) is 11.8 Å². The van der Waals surface area contributed by atoms with Crippen molar-refractivity contribution in [3.63, 3.8) is 0 Å². The Balaban J connectivity index is 2.36. The third-order valence-corrected chi connectivity index (χ3v) is 3.54.